The molecule has 3 heterocycles. The molecule has 0 radical (unpaired) electrons. The van der Waals surface area contributed by atoms with Gasteiger partial charge in [0.15, 0.2) is 5.13 Å². The summed E-state index contributed by atoms with van der Waals surface area (Å²) in [6.07, 6.45) is 1.88. The van der Waals surface area contributed by atoms with Crippen LogP contribution in [0.15, 0.2) is 41.1 Å². The molecule has 0 saturated carbocycles. The molecule has 0 spiro atoms. The Bertz CT molecular complexity index is 1050. The molecule has 1 amide bonds. The molecule has 8 nitrogen and oxygen atoms in total. The van der Waals surface area contributed by atoms with E-state index in [1.807, 2.05) is 24.3 Å². The van der Waals surface area contributed by atoms with Crippen molar-refractivity contribution in [2.24, 2.45) is 5.73 Å². The zero-order valence-corrected chi connectivity index (χ0v) is 16.9. The third kappa shape index (κ3) is 4.09. The molecule has 1 atom stereocenters. The molecule has 150 valence electrons. The lowest BCUT2D eigenvalue weighted by Gasteiger charge is -2.26. The van der Waals surface area contributed by atoms with E-state index in [9.17, 15) is 14.7 Å². The number of hydrogen-bond donors (Lipinski definition) is 4. The Morgan fingerprint density at radius 3 is 2.79 bits per heavy atom. The number of rotatable bonds is 6. The van der Waals surface area contributed by atoms with Crippen LogP contribution in [0, 0.1) is 0 Å². The minimum absolute atomic E-state index is 0.0582. The van der Waals surface area contributed by atoms with E-state index in [4.69, 9.17) is 5.73 Å². The average Bonchev–Trinajstić information content (AvgIpc) is 3.44. The second-order valence-electron chi connectivity index (χ2n) is 6.51. The number of para-hydroxylation sites is 2. The van der Waals surface area contributed by atoms with Crippen molar-refractivity contribution in [3.05, 3.63) is 51.7 Å². The topological polar surface area (TPSA) is 121 Å². The van der Waals surface area contributed by atoms with Crippen molar-refractivity contribution in [1.29, 1.82) is 0 Å². The lowest BCUT2D eigenvalue weighted by molar-refractivity contribution is 0.0703. The van der Waals surface area contributed by atoms with Gasteiger partial charge >= 0.3 is 5.97 Å². The first-order chi connectivity index (χ1) is 14.0. The number of benzene rings is 1. The van der Waals surface area contributed by atoms with Gasteiger partial charge < -0.3 is 26.4 Å². The molecule has 2 aromatic heterocycles. The van der Waals surface area contributed by atoms with Crippen molar-refractivity contribution in [3.8, 4) is 0 Å². The summed E-state index contributed by atoms with van der Waals surface area (Å²) in [5, 5.41) is 18.9. The Labute approximate surface area is 175 Å². The first-order valence-electron chi connectivity index (χ1n) is 8.99. The van der Waals surface area contributed by atoms with E-state index in [-0.39, 0.29) is 22.6 Å². The third-order valence-corrected chi connectivity index (χ3v) is 6.26. The number of aromatic carboxylic acids is 1. The number of amides is 1. The molecular weight excluding hydrogens is 410 g/mol. The normalized spacial score (nSPS) is 16.0. The number of carboxylic acids is 1. The van der Waals surface area contributed by atoms with Crippen LogP contribution in [-0.2, 0) is 0 Å². The highest BCUT2D eigenvalue weighted by Gasteiger charge is 2.24. The zero-order chi connectivity index (χ0) is 20.4. The monoisotopic (exact) mass is 429 g/mol. The van der Waals surface area contributed by atoms with Crippen molar-refractivity contribution >= 4 is 56.7 Å². The fourth-order valence-electron chi connectivity index (χ4n) is 3.23. The second kappa shape index (κ2) is 8.19. The summed E-state index contributed by atoms with van der Waals surface area (Å²) in [6.45, 7) is 0.853. The van der Waals surface area contributed by atoms with Gasteiger partial charge in [-0.25, -0.2) is 9.78 Å². The van der Waals surface area contributed by atoms with Gasteiger partial charge in [0.25, 0.3) is 5.91 Å². The Kier molecular flexibility index (Phi) is 5.47. The Balaban J connectivity index is 1.49. The van der Waals surface area contributed by atoms with Gasteiger partial charge in [0.2, 0.25) is 0 Å². The summed E-state index contributed by atoms with van der Waals surface area (Å²) in [5.41, 5.74) is 8.46. The lowest BCUT2D eigenvalue weighted by atomic mass is 10.2. The van der Waals surface area contributed by atoms with Crippen molar-refractivity contribution < 1.29 is 14.7 Å². The predicted octanol–water partition coefficient (Wildman–Crippen LogP) is 3.78. The maximum Gasteiger partial charge on any atom is 0.348 e. The summed E-state index contributed by atoms with van der Waals surface area (Å²) in [4.78, 5) is 30.5. The second-order valence-corrected chi connectivity index (χ2v) is 8.28. The number of anilines is 4. The number of nitrogens with one attached hydrogen (secondary N) is 2. The molecule has 0 bridgehead atoms. The van der Waals surface area contributed by atoms with Gasteiger partial charge in [0.1, 0.15) is 10.6 Å². The third-order valence-electron chi connectivity index (χ3n) is 4.60. The highest BCUT2D eigenvalue weighted by Crippen LogP contribution is 2.31. The SMILES string of the molecule is N[C@@H]1CCCN1c1ccccc1NC(=O)c1csc(Nc2ccsc2C(=O)O)n1. The first-order valence-corrected chi connectivity index (χ1v) is 10.7. The van der Waals surface area contributed by atoms with E-state index in [2.05, 4.69) is 20.5 Å². The fraction of sp³-hybridized carbons (Fsp3) is 0.211. The zero-order valence-electron chi connectivity index (χ0n) is 15.3. The van der Waals surface area contributed by atoms with Gasteiger partial charge in [0.05, 0.1) is 23.2 Å². The lowest BCUT2D eigenvalue weighted by Crippen LogP contribution is -2.37. The summed E-state index contributed by atoms with van der Waals surface area (Å²) in [5.74, 6) is -1.34. The van der Waals surface area contributed by atoms with Crippen LogP contribution in [0.2, 0.25) is 0 Å². The van der Waals surface area contributed by atoms with Crippen LogP contribution in [-0.4, -0.2) is 34.7 Å². The van der Waals surface area contributed by atoms with Crippen LogP contribution >= 0.6 is 22.7 Å². The number of carbonyl (C=O) groups excluding carboxylic acids is 1. The molecule has 5 N–H and O–H groups in total. The van der Waals surface area contributed by atoms with E-state index in [0.717, 1.165) is 36.4 Å². The molecule has 1 aliphatic heterocycles. The molecule has 1 aromatic carbocycles. The standard InChI is InChI=1S/C19H19N5O3S2/c20-15-6-3-8-24(15)14-5-2-1-4-11(14)21-17(25)13-10-29-19(23-13)22-12-7-9-28-16(12)18(26)27/h1-2,4-5,7,9-10,15H,3,6,8,20H2,(H,21,25)(H,22,23)(H,26,27)/t15-/m0/s1. The van der Waals surface area contributed by atoms with Crippen LogP contribution in [0.5, 0.6) is 0 Å². The van der Waals surface area contributed by atoms with E-state index in [0.29, 0.717) is 16.5 Å². The number of carbonyl (C=O) groups is 2. The molecular formula is C19H19N5O3S2. The molecule has 4 rings (SSSR count). The minimum atomic E-state index is -1.01. The van der Waals surface area contributed by atoms with Gasteiger partial charge in [-0.15, -0.1) is 22.7 Å². The minimum Gasteiger partial charge on any atom is -0.477 e. The first kappa shape index (κ1) is 19.4. The van der Waals surface area contributed by atoms with E-state index in [1.54, 1.807) is 16.8 Å². The fourth-order valence-corrected chi connectivity index (χ4v) is 4.62. The average molecular weight is 430 g/mol. The molecule has 3 aromatic rings. The Hall–Kier alpha value is -2.95. The summed E-state index contributed by atoms with van der Waals surface area (Å²) < 4.78 is 0. The molecule has 1 fully saturated rings. The van der Waals surface area contributed by atoms with Crippen molar-refractivity contribution in [3.63, 3.8) is 0 Å². The number of nitrogens with zero attached hydrogens (tertiary/aromatic N) is 2. The quantitative estimate of drug-likeness (QED) is 0.470. The largest absolute Gasteiger partial charge is 0.477 e. The van der Waals surface area contributed by atoms with E-state index < -0.39 is 5.97 Å². The Morgan fingerprint density at radius 2 is 2.03 bits per heavy atom. The van der Waals surface area contributed by atoms with Crippen LogP contribution in [0.1, 0.15) is 33.0 Å². The predicted molar refractivity (Wildman–Crippen MR) is 116 cm³/mol. The van der Waals surface area contributed by atoms with Crippen LogP contribution in [0.25, 0.3) is 0 Å². The van der Waals surface area contributed by atoms with E-state index in [1.165, 1.54) is 11.3 Å². The highest BCUT2D eigenvalue weighted by molar-refractivity contribution is 7.14. The smallest absolute Gasteiger partial charge is 0.348 e. The number of thiophene rings is 1. The van der Waals surface area contributed by atoms with Crippen LogP contribution < -0.4 is 21.3 Å². The summed E-state index contributed by atoms with van der Waals surface area (Å²) in [7, 11) is 0. The van der Waals surface area contributed by atoms with Gasteiger partial charge in [0, 0.05) is 11.9 Å². The number of carboxylic acid groups (broad SMARTS) is 1. The van der Waals surface area contributed by atoms with Gasteiger partial charge in [-0.2, -0.15) is 0 Å². The Morgan fingerprint density at radius 1 is 1.21 bits per heavy atom. The molecule has 0 aliphatic carbocycles. The maximum atomic E-state index is 12.7. The molecule has 0 unspecified atom stereocenters. The molecule has 1 saturated heterocycles. The maximum absolute atomic E-state index is 12.7. The van der Waals surface area contributed by atoms with Gasteiger partial charge in [-0.05, 0) is 36.4 Å². The molecule has 10 heteroatoms. The molecule has 29 heavy (non-hydrogen) atoms. The number of aromatic nitrogens is 1. The van der Waals surface area contributed by atoms with Gasteiger partial charge in [-0.3, -0.25) is 4.79 Å². The number of hydrogen-bond acceptors (Lipinski definition) is 8. The number of nitrogens with two attached hydrogens (primary N) is 1. The van der Waals surface area contributed by atoms with Gasteiger partial charge in [-0.1, -0.05) is 12.1 Å². The van der Waals surface area contributed by atoms with Crippen LogP contribution in [0.4, 0.5) is 22.2 Å². The van der Waals surface area contributed by atoms with Crippen molar-refractivity contribution in [2.75, 3.05) is 22.1 Å². The number of thiazole rings is 1. The molecule has 1 aliphatic rings. The van der Waals surface area contributed by atoms with Crippen molar-refractivity contribution in [2.45, 2.75) is 19.0 Å². The summed E-state index contributed by atoms with van der Waals surface area (Å²) >= 11 is 2.36. The van der Waals surface area contributed by atoms with Crippen LogP contribution in [0.3, 0.4) is 0 Å². The highest BCUT2D eigenvalue weighted by atomic mass is 32.1. The van der Waals surface area contributed by atoms with E-state index >= 15 is 0 Å². The summed E-state index contributed by atoms with van der Waals surface area (Å²) in [6, 6.07) is 9.23. The van der Waals surface area contributed by atoms with Crippen molar-refractivity contribution in [1.82, 2.24) is 4.98 Å².